The van der Waals surface area contributed by atoms with Crippen molar-refractivity contribution in [1.82, 2.24) is 19.8 Å². The molecular formula is C36H41F6N5O4S. The van der Waals surface area contributed by atoms with Crippen molar-refractivity contribution in [3.05, 3.63) is 65.2 Å². The number of carbonyl (C=O) groups is 1. The molecular weight excluding hydrogens is 712 g/mol. The summed E-state index contributed by atoms with van der Waals surface area (Å²) < 4.78 is 118. The normalized spacial score (nSPS) is 23.2. The highest BCUT2D eigenvalue weighted by molar-refractivity contribution is 7.92. The fraction of sp³-hybridized carbons (Fsp3) is 0.528. The number of anilines is 1. The van der Waals surface area contributed by atoms with Crippen molar-refractivity contribution in [2.45, 2.75) is 101 Å². The Bertz CT molecular complexity index is 1890. The molecule has 2 fully saturated rings. The molecule has 2 aliphatic carbocycles. The van der Waals surface area contributed by atoms with E-state index in [1.54, 1.807) is 11.9 Å². The smallest absolute Gasteiger partial charge is 0.394 e. The van der Waals surface area contributed by atoms with Crippen molar-refractivity contribution in [3.8, 4) is 17.1 Å². The SMILES string of the molecule is Cc1cccc(C)c1-c1cc2nc(n1)NS(=O)(=O)c1cccc(c1)C(=O)N(C1CCC(N(C)CCC(F)(F)F)CC1)[C@H](CC1(C(F)(F)F)CC1)CO2. The van der Waals surface area contributed by atoms with Gasteiger partial charge in [-0.1, -0.05) is 24.3 Å². The van der Waals surface area contributed by atoms with Crippen molar-refractivity contribution < 1.29 is 44.3 Å². The van der Waals surface area contributed by atoms with Gasteiger partial charge in [-0.05, 0) is 95.2 Å². The Hall–Kier alpha value is -3.92. The minimum Gasteiger partial charge on any atom is -0.475 e. The van der Waals surface area contributed by atoms with Crippen LogP contribution in [0.15, 0.2) is 53.4 Å². The predicted molar refractivity (Wildman–Crippen MR) is 181 cm³/mol. The number of ether oxygens (including phenoxy) is 1. The van der Waals surface area contributed by atoms with E-state index in [0.717, 1.165) is 11.1 Å². The van der Waals surface area contributed by atoms with E-state index in [-0.39, 0.29) is 54.3 Å². The monoisotopic (exact) mass is 753 g/mol. The molecule has 1 aromatic heterocycles. The first-order valence-corrected chi connectivity index (χ1v) is 18.7. The van der Waals surface area contributed by atoms with Crippen LogP contribution in [0.2, 0.25) is 0 Å². The second-order valence-electron chi connectivity index (χ2n) is 14.3. The van der Waals surface area contributed by atoms with Gasteiger partial charge in [0, 0.05) is 35.8 Å². The first-order valence-electron chi connectivity index (χ1n) is 17.2. The number of nitrogens with one attached hydrogen (secondary N) is 1. The number of carbonyl (C=O) groups excluding carboxylic acids is 1. The van der Waals surface area contributed by atoms with E-state index in [1.807, 2.05) is 32.0 Å². The Labute approximate surface area is 298 Å². The number of hydrogen-bond donors (Lipinski definition) is 1. The molecule has 1 atom stereocenters. The number of sulfonamides is 1. The number of fused-ring (bicyclic) bond motifs is 4. The van der Waals surface area contributed by atoms with E-state index in [9.17, 15) is 39.6 Å². The lowest BCUT2D eigenvalue weighted by atomic mass is 9.86. The summed E-state index contributed by atoms with van der Waals surface area (Å²) in [6.45, 7) is 3.13. The van der Waals surface area contributed by atoms with Crippen molar-refractivity contribution >= 4 is 21.9 Å². The summed E-state index contributed by atoms with van der Waals surface area (Å²) in [6, 6.07) is 10.4. The van der Waals surface area contributed by atoms with Gasteiger partial charge in [0.25, 0.3) is 15.9 Å². The molecule has 0 radical (unpaired) electrons. The van der Waals surface area contributed by atoms with E-state index in [2.05, 4.69) is 14.7 Å². The number of nitrogens with zero attached hydrogens (tertiary/aromatic N) is 4. The zero-order valence-electron chi connectivity index (χ0n) is 29.0. The molecule has 1 amide bonds. The summed E-state index contributed by atoms with van der Waals surface area (Å²) in [5, 5.41) is 0. The largest absolute Gasteiger partial charge is 0.475 e. The van der Waals surface area contributed by atoms with E-state index in [1.165, 1.54) is 35.2 Å². The number of aryl methyl sites for hydroxylation is 2. The van der Waals surface area contributed by atoms with Crippen LogP contribution in [0, 0.1) is 19.3 Å². The van der Waals surface area contributed by atoms with Crippen LogP contribution < -0.4 is 9.46 Å². The van der Waals surface area contributed by atoms with Crippen molar-refractivity contribution in [2.75, 3.05) is 24.9 Å². The molecule has 1 aliphatic heterocycles. The third kappa shape index (κ3) is 8.17. The number of aromatic nitrogens is 2. The van der Waals surface area contributed by atoms with Crippen molar-refractivity contribution in [2.24, 2.45) is 5.41 Å². The average Bonchev–Trinajstić information content (AvgIpc) is 3.87. The molecule has 1 N–H and O–H groups in total. The zero-order valence-corrected chi connectivity index (χ0v) is 29.8. The number of benzene rings is 2. The maximum absolute atomic E-state index is 14.5. The van der Waals surface area contributed by atoms with Gasteiger partial charge in [0.15, 0.2) is 0 Å². The minimum atomic E-state index is -4.54. The van der Waals surface area contributed by atoms with Crippen LogP contribution in [0.5, 0.6) is 5.88 Å². The predicted octanol–water partition coefficient (Wildman–Crippen LogP) is 7.69. The van der Waals surface area contributed by atoms with Crippen LogP contribution >= 0.6 is 0 Å². The van der Waals surface area contributed by atoms with Crippen molar-refractivity contribution in [1.29, 1.82) is 0 Å². The highest BCUT2D eigenvalue weighted by Gasteiger charge is 2.64. The first kappa shape index (κ1) is 37.8. The minimum absolute atomic E-state index is 0.0442. The highest BCUT2D eigenvalue weighted by atomic mass is 32.2. The molecule has 3 aromatic rings. The van der Waals surface area contributed by atoms with Crippen molar-refractivity contribution in [3.63, 3.8) is 0 Å². The molecule has 3 aliphatic rings. The molecule has 282 valence electrons. The van der Waals surface area contributed by atoms with Crippen LogP contribution in [0.3, 0.4) is 0 Å². The number of rotatable bonds is 7. The third-order valence-corrected chi connectivity index (χ3v) is 11.9. The molecule has 0 unspecified atom stereocenters. The fourth-order valence-electron chi connectivity index (χ4n) is 7.53. The molecule has 6 rings (SSSR count). The third-order valence-electron chi connectivity index (χ3n) is 10.6. The highest BCUT2D eigenvalue weighted by Crippen LogP contribution is 2.61. The summed E-state index contributed by atoms with van der Waals surface area (Å²) in [5.74, 6) is -1.08. The van der Waals surface area contributed by atoms with Gasteiger partial charge < -0.3 is 14.5 Å². The van der Waals surface area contributed by atoms with Gasteiger partial charge in [0.2, 0.25) is 11.8 Å². The van der Waals surface area contributed by atoms with Gasteiger partial charge in [-0.3, -0.25) is 4.79 Å². The molecule has 52 heavy (non-hydrogen) atoms. The number of halogens is 6. The molecule has 2 aromatic carbocycles. The first-order chi connectivity index (χ1) is 24.4. The Kier molecular flexibility index (Phi) is 10.3. The van der Waals surface area contributed by atoms with Gasteiger partial charge in [0.1, 0.15) is 6.61 Å². The molecule has 0 saturated heterocycles. The second-order valence-corrected chi connectivity index (χ2v) is 16.0. The van der Waals surface area contributed by atoms with Crippen LogP contribution in [0.4, 0.5) is 32.3 Å². The second kappa shape index (κ2) is 14.1. The van der Waals surface area contributed by atoms with E-state index >= 15 is 0 Å². The Morgan fingerprint density at radius 2 is 1.62 bits per heavy atom. The number of amides is 1. The summed E-state index contributed by atoms with van der Waals surface area (Å²) in [7, 11) is -2.75. The van der Waals surface area contributed by atoms with Crippen LogP contribution in [-0.2, 0) is 10.0 Å². The van der Waals surface area contributed by atoms with Crippen LogP contribution in [0.1, 0.15) is 72.9 Å². The summed E-state index contributed by atoms with van der Waals surface area (Å²) in [5.41, 5.74) is 0.611. The number of hydrogen-bond acceptors (Lipinski definition) is 7. The molecule has 2 saturated carbocycles. The summed E-state index contributed by atoms with van der Waals surface area (Å²) >= 11 is 0. The molecule has 4 bridgehead atoms. The Morgan fingerprint density at radius 3 is 2.23 bits per heavy atom. The lowest BCUT2D eigenvalue weighted by molar-refractivity contribution is -0.193. The topological polar surface area (TPSA) is 105 Å². The standard InChI is InChI=1S/C36H41F6N5O4S/c1-22-6-4-7-23(2)31(22)29-19-30-44-33(43-29)45-52(49,50)28-9-5-8-24(18-28)32(48)47(27(21-51-30)20-34(14-15-34)36(40,41)42)26-12-10-25(11-13-26)46(3)17-16-35(37,38)39/h4-9,18-19,25-27H,10-17,20-21H2,1-3H3,(H,43,44,45)/t25?,26?,27-/m1/s1. The number of alkyl halides is 6. The lowest BCUT2D eigenvalue weighted by Gasteiger charge is -2.44. The van der Waals surface area contributed by atoms with Crippen LogP contribution in [0.25, 0.3) is 11.3 Å². The molecule has 0 spiro atoms. The van der Waals surface area contributed by atoms with Gasteiger partial charge in [-0.15, -0.1) is 0 Å². The molecule has 2 heterocycles. The van der Waals surface area contributed by atoms with E-state index < -0.39 is 58.6 Å². The summed E-state index contributed by atoms with van der Waals surface area (Å²) in [4.78, 5) is 26.1. The average molecular weight is 754 g/mol. The maximum atomic E-state index is 14.5. The van der Waals surface area contributed by atoms with Gasteiger partial charge >= 0.3 is 12.4 Å². The Morgan fingerprint density at radius 1 is 0.962 bits per heavy atom. The van der Waals surface area contributed by atoms with Gasteiger partial charge in [-0.2, -0.15) is 31.3 Å². The zero-order chi connectivity index (χ0) is 37.6. The maximum Gasteiger partial charge on any atom is 0.394 e. The molecule has 16 heteroatoms. The summed E-state index contributed by atoms with van der Waals surface area (Å²) in [6.07, 6.45) is -9.06. The fourth-order valence-corrected chi connectivity index (χ4v) is 8.52. The van der Waals surface area contributed by atoms with E-state index in [4.69, 9.17) is 4.74 Å². The van der Waals surface area contributed by atoms with Crippen LogP contribution in [-0.4, -0.2) is 84.8 Å². The Balaban J connectivity index is 1.42. The van der Waals surface area contributed by atoms with Gasteiger partial charge in [-0.25, -0.2) is 18.1 Å². The molecule has 9 nitrogen and oxygen atoms in total. The lowest BCUT2D eigenvalue weighted by Crippen LogP contribution is -2.53. The van der Waals surface area contributed by atoms with E-state index in [0.29, 0.717) is 36.9 Å². The van der Waals surface area contributed by atoms with Gasteiger partial charge in [0.05, 0.1) is 28.5 Å². The quantitative estimate of drug-likeness (QED) is 0.247.